The molecule has 2 heteroatoms. The molecule has 0 bridgehead atoms. The number of rotatable bonds is 6. The number of Topliss-reactive ketones (excluding diaryl/α,β-unsaturated/α-hetero) is 2. The van der Waals surface area contributed by atoms with Crippen molar-refractivity contribution in [3.05, 3.63) is 35.4 Å². The van der Waals surface area contributed by atoms with Gasteiger partial charge >= 0.3 is 0 Å². The SMILES string of the molecule is CCCCc1ccc(C(=O)C(C)C(C)=O)cc1. The maximum absolute atomic E-state index is 11.9. The van der Waals surface area contributed by atoms with Crippen molar-refractivity contribution in [2.24, 2.45) is 5.92 Å². The van der Waals surface area contributed by atoms with E-state index in [2.05, 4.69) is 6.92 Å². The van der Waals surface area contributed by atoms with Gasteiger partial charge in [0.1, 0.15) is 5.78 Å². The van der Waals surface area contributed by atoms with Crippen molar-refractivity contribution in [1.29, 1.82) is 0 Å². The Morgan fingerprint density at radius 2 is 1.76 bits per heavy atom. The molecule has 2 nitrogen and oxygen atoms in total. The van der Waals surface area contributed by atoms with Gasteiger partial charge in [0.15, 0.2) is 5.78 Å². The molecule has 1 unspecified atom stereocenters. The Bertz CT molecular complexity index is 390. The van der Waals surface area contributed by atoms with E-state index in [9.17, 15) is 9.59 Å². The largest absolute Gasteiger partial charge is 0.299 e. The number of aryl methyl sites for hydroxylation is 1. The van der Waals surface area contributed by atoms with Crippen LogP contribution in [0.3, 0.4) is 0 Å². The van der Waals surface area contributed by atoms with Crippen LogP contribution < -0.4 is 0 Å². The van der Waals surface area contributed by atoms with Gasteiger partial charge in [0.05, 0.1) is 5.92 Å². The Hall–Kier alpha value is -1.44. The third kappa shape index (κ3) is 3.81. The Balaban J connectivity index is 2.73. The molecular weight excluding hydrogens is 212 g/mol. The van der Waals surface area contributed by atoms with Crippen LogP contribution in [0.25, 0.3) is 0 Å². The molecule has 0 aliphatic rings. The normalized spacial score (nSPS) is 12.2. The van der Waals surface area contributed by atoms with Crippen molar-refractivity contribution in [3.8, 4) is 0 Å². The summed E-state index contributed by atoms with van der Waals surface area (Å²) < 4.78 is 0. The molecule has 0 saturated heterocycles. The van der Waals surface area contributed by atoms with Crippen LogP contribution in [0.4, 0.5) is 0 Å². The van der Waals surface area contributed by atoms with Crippen molar-refractivity contribution < 1.29 is 9.59 Å². The molecule has 0 aliphatic carbocycles. The molecular formula is C15H20O2. The molecule has 0 N–H and O–H groups in total. The number of carbonyl (C=O) groups is 2. The predicted octanol–water partition coefficient (Wildman–Crippen LogP) is 3.44. The van der Waals surface area contributed by atoms with Crippen LogP contribution in [0.15, 0.2) is 24.3 Å². The summed E-state index contributed by atoms with van der Waals surface area (Å²) >= 11 is 0. The zero-order valence-electron chi connectivity index (χ0n) is 10.8. The van der Waals surface area contributed by atoms with E-state index in [0.717, 1.165) is 12.8 Å². The Labute approximate surface area is 103 Å². The molecule has 0 fully saturated rings. The van der Waals surface area contributed by atoms with Crippen LogP contribution in [-0.4, -0.2) is 11.6 Å². The fraction of sp³-hybridized carbons (Fsp3) is 0.467. The molecule has 1 rings (SSSR count). The number of unbranched alkanes of at least 4 members (excludes halogenated alkanes) is 1. The third-order valence-corrected chi connectivity index (χ3v) is 3.06. The number of ketones is 2. The van der Waals surface area contributed by atoms with E-state index in [1.807, 2.05) is 24.3 Å². The first-order valence-electron chi connectivity index (χ1n) is 6.19. The number of hydrogen-bond acceptors (Lipinski definition) is 2. The number of hydrogen-bond donors (Lipinski definition) is 0. The molecule has 0 aromatic heterocycles. The topological polar surface area (TPSA) is 34.1 Å². The molecule has 0 saturated carbocycles. The Kier molecular flexibility index (Phi) is 5.08. The highest BCUT2D eigenvalue weighted by Gasteiger charge is 2.18. The molecule has 0 aliphatic heterocycles. The minimum absolute atomic E-state index is 0.0786. The van der Waals surface area contributed by atoms with E-state index in [-0.39, 0.29) is 11.6 Å². The molecule has 92 valence electrons. The minimum atomic E-state index is -0.531. The minimum Gasteiger partial charge on any atom is -0.299 e. The first-order valence-corrected chi connectivity index (χ1v) is 6.19. The first kappa shape index (κ1) is 13.6. The molecule has 1 aromatic carbocycles. The molecule has 17 heavy (non-hydrogen) atoms. The van der Waals surface area contributed by atoms with E-state index >= 15 is 0 Å². The van der Waals surface area contributed by atoms with Gasteiger partial charge in [0.2, 0.25) is 0 Å². The van der Waals surface area contributed by atoms with Gasteiger partial charge in [-0.05, 0) is 32.3 Å². The second-order valence-electron chi connectivity index (χ2n) is 4.50. The zero-order chi connectivity index (χ0) is 12.8. The molecule has 0 spiro atoms. The number of benzene rings is 1. The summed E-state index contributed by atoms with van der Waals surface area (Å²) in [7, 11) is 0. The van der Waals surface area contributed by atoms with Crippen molar-refractivity contribution in [1.82, 2.24) is 0 Å². The summed E-state index contributed by atoms with van der Waals surface area (Å²) in [6.07, 6.45) is 3.38. The third-order valence-electron chi connectivity index (χ3n) is 3.06. The predicted molar refractivity (Wildman–Crippen MR) is 69.2 cm³/mol. The van der Waals surface area contributed by atoms with Gasteiger partial charge in [-0.1, -0.05) is 37.6 Å². The molecule has 0 amide bonds. The molecule has 1 aromatic rings. The monoisotopic (exact) mass is 232 g/mol. The van der Waals surface area contributed by atoms with Gasteiger partial charge < -0.3 is 0 Å². The van der Waals surface area contributed by atoms with Gasteiger partial charge in [0, 0.05) is 5.56 Å². The summed E-state index contributed by atoms with van der Waals surface area (Å²) in [5, 5.41) is 0. The fourth-order valence-corrected chi connectivity index (χ4v) is 1.65. The van der Waals surface area contributed by atoms with Gasteiger partial charge in [-0.15, -0.1) is 0 Å². The van der Waals surface area contributed by atoms with E-state index in [0.29, 0.717) is 5.56 Å². The zero-order valence-corrected chi connectivity index (χ0v) is 10.8. The van der Waals surface area contributed by atoms with Crippen molar-refractivity contribution in [3.63, 3.8) is 0 Å². The lowest BCUT2D eigenvalue weighted by Crippen LogP contribution is -2.18. The average Bonchev–Trinajstić information content (AvgIpc) is 2.35. The highest BCUT2D eigenvalue weighted by Crippen LogP contribution is 2.12. The number of carbonyl (C=O) groups excluding carboxylic acids is 2. The van der Waals surface area contributed by atoms with Crippen LogP contribution in [0.2, 0.25) is 0 Å². The lowest BCUT2D eigenvalue weighted by atomic mass is 9.95. The van der Waals surface area contributed by atoms with Gasteiger partial charge in [0.25, 0.3) is 0 Å². The molecule has 0 heterocycles. The van der Waals surface area contributed by atoms with E-state index in [1.165, 1.54) is 18.9 Å². The standard InChI is InChI=1S/C15H20O2/c1-4-5-6-13-7-9-14(10-8-13)15(17)11(2)12(3)16/h7-11H,4-6H2,1-3H3. The second kappa shape index (κ2) is 6.33. The molecule has 1 atom stereocenters. The summed E-state index contributed by atoms with van der Waals surface area (Å²) in [5.41, 5.74) is 1.88. The first-order chi connectivity index (χ1) is 8.06. The quantitative estimate of drug-likeness (QED) is 0.556. The van der Waals surface area contributed by atoms with Crippen LogP contribution in [-0.2, 0) is 11.2 Å². The Morgan fingerprint density at radius 3 is 2.24 bits per heavy atom. The maximum Gasteiger partial charge on any atom is 0.173 e. The van der Waals surface area contributed by atoms with Crippen LogP contribution in [0.1, 0.15) is 49.5 Å². The van der Waals surface area contributed by atoms with Gasteiger partial charge in [-0.3, -0.25) is 9.59 Å². The van der Waals surface area contributed by atoms with Crippen molar-refractivity contribution in [2.45, 2.75) is 40.0 Å². The highest BCUT2D eigenvalue weighted by atomic mass is 16.1. The molecule has 0 radical (unpaired) electrons. The van der Waals surface area contributed by atoms with E-state index < -0.39 is 5.92 Å². The van der Waals surface area contributed by atoms with Crippen molar-refractivity contribution in [2.75, 3.05) is 0 Å². The summed E-state index contributed by atoms with van der Waals surface area (Å²) in [6, 6.07) is 7.62. The summed E-state index contributed by atoms with van der Waals surface area (Å²) in [6.45, 7) is 5.28. The van der Waals surface area contributed by atoms with E-state index in [4.69, 9.17) is 0 Å². The fourth-order valence-electron chi connectivity index (χ4n) is 1.65. The lowest BCUT2D eigenvalue weighted by molar-refractivity contribution is -0.118. The van der Waals surface area contributed by atoms with Gasteiger partial charge in [-0.25, -0.2) is 0 Å². The average molecular weight is 232 g/mol. The summed E-state index contributed by atoms with van der Waals surface area (Å²) in [4.78, 5) is 23.0. The maximum atomic E-state index is 11.9. The van der Waals surface area contributed by atoms with Crippen molar-refractivity contribution >= 4 is 11.6 Å². The van der Waals surface area contributed by atoms with Crippen LogP contribution >= 0.6 is 0 Å². The van der Waals surface area contributed by atoms with E-state index in [1.54, 1.807) is 6.92 Å². The van der Waals surface area contributed by atoms with Gasteiger partial charge in [-0.2, -0.15) is 0 Å². The second-order valence-corrected chi connectivity index (χ2v) is 4.50. The van der Waals surface area contributed by atoms with Crippen LogP contribution in [0.5, 0.6) is 0 Å². The lowest BCUT2D eigenvalue weighted by Gasteiger charge is -2.07. The smallest absolute Gasteiger partial charge is 0.173 e. The Morgan fingerprint density at radius 1 is 1.18 bits per heavy atom. The van der Waals surface area contributed by atoms with Crippen LogP contribution in [0, 0.1) is 5.92 Å². The summed E-state index contributed by atoms with van der Waals surface area (Å²) in [5.74, 6) is -0.693. The highest BCUT2D eigenvalue weighted by molar-refractivity contribution is 6.09.